The molecule has 0 aromatic rings. The minimum atomic E-state index is -1.75. The third-order valence-electron chi connectivity index (χ3n) is 4.43. The van der Waals surface area contributed by atoms with Crippen molar-refractivity contribution in [1.29, 1.82) is 0 Å². The highest BCUT2D eigenvalue weighted by Crippen LogP contribution is 2.50. The van der Waals surface area contributed by atoms with Gasteiger partial charge in [0.25, 0.3) is 0 Å². The van der Waals surface area contributed by atoms with Crippen molar-refractivity contribution in [3.63, 3.8) is 0 Å². The molecule has 0 aromatic carbocycles. The monoisotopic (exact) mass is 308 g/mol. The van der Waals surface area contributed by atoms with Crippen LogP contribution in [0, 0.1) is 17.8 Å². The molecule has 120 valence electrons. The number of fused-ring (bicyclic) bond motifs is 1. The van der Waals surface area contributed by atoms with Crippen LogP contribution in [-0.4, -0.2) is 42.6 Å². The predicted molar refractivity (Wildman–Crippen MR) is 76.6 cm³/mol. The van der Waals surface area contributed by atoms with Gasteiger partial charge < -0.3 is 14.6 Å². The summed E-state index contributed by atoms with van der Waals surface area (Å²) in [5.74, 6) is -3.86. The third-order valence-corrected chi connectivity index (χ3v) is 4.43. The van der Waals surface area contributed by atoms with Crippen LogP contribution in [-0.2, 0) is 23.9 Å². The Bertz CT molecular complexity index is 608. The number of ether oxygens (including phenoxy) is 2. The van der Waals surface area contributed by atoms with E-state index < -0.39 is 35.2 Å². The zero-order valence-electron chi connectivity index (χ0n) is 13.3. The van der Waals surface area contributed by atoms with E-state index in [9.17, 15) is 19.5 Å². The number of ketones is 1. The van der Waals surface area contributed by atoms with Crippen LogP contribution in [0.15, 0.2) is 22.8 Å². The Morgan fingerprint density at radius 2 is 1.68 bits per heavy atom. The molecule has 1 N–H and O–H groups in total. The molecule has 0 aliphatic heterocycles. The molecule has 0 radical (unpaired) electrons. The van der Waals surface area contributed by atoms with Crippen LogP contribution in [0.4, 0.5) is 0 Å². The number of hydrogen-bond donors (Lipinski definition) is 1. The van der Waals surface area contributed by atoms with Gasteiger partial charge in [-0.05, 0) is 12.8 Å². The zero-order valence-corrected chi connectivity index (χ0v) is 13.3. The topological polar surface area (TPSA) is 89.9 Å². The minimum absolute atomic E-state index is 0.00773. The number of Topliss-reactive ketones (excluding diaryl/α,β-unsaturated/α-hetero) is 1. The van der Waals surface area contributed by atoms with Gasteiger partial charge in [0.05, 0.1) is 31.3 Å². The van der Waals surface area contributed by atoms with Crippen LogP contribution in [0.25, 0.3) is 0 Å². The summed E-state index contributed by atoms with van der Waals surface area (Å²) in [5.41, 5.74) is -1.03. The smallest absolute Gasteiger partial charge is 0.335 e. The molecule has 0 heterocycles. The fraction of sp³-hybridized carbons (Fsp3) is 0.562. The highest BCUT2D eigenvalue weighted by Gasteiger charge is 2.58. The molecule has 0 saturated heterocycles. The fourth-order valence-corrected chi connectivity index (χ4v) is 3.24. The summed E-state index contributed by atoms with van der Waals surface area (Å²) in [4.78, 5) is 36.9. The van der Waals surface area contributed by atoms with E-state index in [4.69, 9.17) is 9.47 Å². The Hall–Kier alpha value is -1.95. The Morgan fingerprint density at radius 1 is 1.18 bits per heavy atom. The standard InChI is InChI=1S/C16H20O6/c1-7(2)8-6-9-11(14(18)21-4)12(15(19)22-5)10(8)13(17)16(9,3)20/h6-7,9-10,20H,1-5H3/t9-,10+,16+/m1/s1. The van der Waals surface area contributed by atoms with Crippen molar-refractivity contribution in [1.82, 2.24) is 0 Å². The highest BCUT2D eigenvalue weighted by atomic mass is 16.5. The SMILES string of the molecule is COC(=O)C1=C(C(=O)OC)[C@H]2C=C(C(C)C)[C@@H]1C(=O)[C@@]2(C)O. The number of rotatable bonds is 3. The molecule has 2 bridgehead atoms. The van der Waals surface area contributed by atoms with Gasteiger partial charge in [0.2, 0.25) is 0 Å². The first-order valence-electron chi connectivity index (χ1n) is 7.07. The van der Waals surface area contributed by atoms with Crippen molar-refractivity contribution >= 4 is 17.7 Å². The minimum Gasteiger partial charge on any atom is -0.466 e. The van der Waals surface area contributed by atoms with E-state index in [2.05, 4.69) is 0 Å². The average molecular weight is 308 g/mol. The summed E-state index contributed by atoms with van der Waals surface area (Å²) in [5, 5.41) is 10.5. The summed E-state index contributed by atoms with van der Waals surface area (Å²) in [7, 11) is 2.38. The molecule has 0 unspecified atom stereocenters. The number of carbonyl (C=O) groups excluding carboxylic acids is 3. The van der Waals surface area contributed by atoms with Crippen LogP contribution < -0.4 is 0 Å². The van der Waals surface area contributed by atoms with Gasteiger partial charge in [-0.15, -0.1) is 0 Å². The molecule has 0 aromatic heterocycles. The summed E-state index contributed by atoms with van der Waals surface area (Å²) in [6.07, 6.45) is 1.70. The number of carbonyl (C=O) groups is 3. The van der Waals surface area contributed by atoms with Crippen LogP contribution >= 0.6 is 0 Å². The molecule has 0 saturated carbocycles. The third kappa shape index (κ3) is 2.09. The molecular weight excluding hydrogens is 288 g/mol. The Balaban J connectivity index is 2.76. The summed E-state index contributed by atoms with van der Waals surface area (Å²) < 4.78 is 9.48. The molecule has 0 spiro atoms. The van der Waals surface area contributed by atoms with E-state index >= 15 is 0 Å². The lowest BCUT2D eigenvalue weighted by molar-refractivity contribution is -0.150. The summed E-state index contributed by atoms with van der Waals surface area (Å²) >= 11 is 0. The lowest BCUT2D eigenvalue weighted by Gasteiger charge is -2.45. The lowest BCUT2D eigenvalue weighted by Crippen LogP contribution is -2.57. The molecule has 6 nitrogen and oxygen atoms in total. The normalized spacial score (nSPS) is 30.5. The fourth-order valence-electron chi connectivity index (χ4n) is 3.24. The van der Waals surface area contributed by atoms with Gasteiger partial charge in [0.15, 0.2) is 5.78 Å². The highest BCUT2D eigenvalue weighted by molar-refractivity contribution is 6.12. The summed E-state index contributed by atoms with van der Waals surface area (Å²) in [6.45, 7) is 5.14. The molecule has 3 rings (SSSR count). The Kier molecular flexibility index (Phi) is 4.00. The van der Waals surface area contributed by atoms with Crippen LogP contribution in [0.1, 0.15) is 20.8 Å². The second kappa shape index (κ2) is 5.35. The quantitative estimate of drug-likeness (QED) is 0.612. The van der Waals surface area contributed by atoms with E-state index in [1.165, 1.54) is 21.1 Å². The Morgan fingerprint density at radius 3 is 2.14 bits per heavy atom. The van der Waals surface area contributed by atoms with Gasteiger partial charge in [-0.1, -0.05) is 25.5 Å². The second-order valence-corrected chi connectivity index (χ2v) is 6.05. The first-order valence-corrected chi connectivity index (χ1v) is 7.07. The van der Waals surface area contributed by atoms with Gasteiger partial charge >= 0.3 is 11.9 Å². The van der Waals surface area contributed by atoms with E-state index in [0.29, 0.717) is 0 Å². The molecule has 3 aliphatic rings. The average Bonchev–Trinajstić information content (AvgIpc) is 2.48. The molecule has 3 aliphatic carbocycles. The molecule has 22 heavy (non-hydrogen) atoms. The van der Waals surface area contributed by atoms with Crippen molar-refractivity contribution in [2.45, 2.75) is 26.4 Å². The molecular formula is C16H20O6. The van der Waals surface area contributed by atoms with E-state index in [1.807, 2.05) is 13.8 Å². The van der Waals surface area contributed by atoms with E-state index in [0.717, 1.165) is 5.57 Å². The van der Waals surface area contributed by atoms with Gasteiger partial charge in [-0.2, -0.15) is 0 Å². The first kappa shape index (κ1) is 16.4. The molecule has 3 atom stereocenters. The number of aliphatic hydroxyl groups is 1. The molecule has 6 heteroatoms. The van der Waals surface area contributed by atoms with Crippen molar-refractivity contribution in [3.8, 4) is 0 Å². The van der Waals surface area contributed by atoms with Gasteiger partial charge in [-0.3, -0.25) is 4.79 Å². The van der Waals surface area contributed by atoms with Crippen LogP contribution in [0.2, 0.25) is 0 Å². The maximum Gasteiger partial charge on any atom is 0.335 e. The number of hydrogen-bond acceptors (Lipinski definition) is 6. The van der Waals surface area contributed by atoms with E-state index in [1.54, 1.807) is 6.08 Å². The zero-order chi connectivity index (χ0) is 16.8. The van der Waals surface area contributed by atoms with Crippen molar-refractivity contribution in [3.05, 3.63) is 22.8 Å². The van der Waals surface area contributed by atoms with Gasteiger partial charge in [0, 0.05) is 5.92 Å². The summed E-state index contributed by atoms with van der Waals surface area (Å²) in [6, 6.07) is 0. The van der Waals surface area contributed by atoms with E-state index in [-0.39, 0.29) is 17.1 Å². The second-order valence-electron chi connectivity index (χ2n) is 6.05. The predicted octanol–water partition coefficient (Wildman–Crippen LogP) is 0.791. The maximum absolute atomic E-state index is 12.6. The first-order chi connectivity index (χ1) is 10.2. The van der Waals surface area contributed by atoms with Crippen molar-refractivity contribution in [2.24, 2.45) is 17.8 Å². The number of esters is 2. The van der Waals surface area contributed by atoms with Crippen LogP contribution in [0.5, 0.6) is 0 Å². The number of allylic oxidation sites excluding steroid dienone is 1. The number of methoxy groups -OCH3 is 2. The lowest BCUT2D eigenvalue weighted by atomic mass is 9.58. The molecule has 0 fully saturated rings. The molecule has 0 amide bonds. The van der Waals surface area contributed by atoms with Crippen molar-refractivity contribution < 1.29 is 29.0 Å². The van der Waals surface area contributed by atoms with Crippen molar-refractivity contribution in [2.75, 3.05) is 14.2 Å². The largest absolute Gasteiger partial charge is 0.466 e. The van der Waals surface area contributed by atoms with Gasteiger partial charge in [0.1, 0.15) is 5.60 Å². The van der Waals surface area contributed by atoms with Gasteiger partial charge in [-0.25, -0.2) is 9.59 Å². The maximum atomic E-state index is 12.6. The Labute approximate surface area is 128 Å². The van der Waals surface area contributed by atoms with Crippen LogP contribution in [0.3, 0.4) is 0 Å².